The van der Waals surface area contributed by atoms with Gasteiger partial charge in [-0.1, -0.05) is 31.4 Å². The Kier molecular flexibility index (Phi) is 6.05. The molecule has 128 valence electrons. The molecule has 1 fully saturated rings. The number of hydrogen-bond acceptors (Lipinski definition) is 3. The summed E-state index contributed by atoms with van der Waals surface area (Å²) in [7, 11) is 4.23. The molecule has 1 aromatic carbocycles. The Morgan fingerprint density at radius 3 is 2.57 bits per heavy atom. The predicted octanol–water partition coefficient (Wildman–Crippen LogP) is 3.06. The highest BCUT2D eigenvalue weighted by atomic mass is 16.5. The number of likely N-dealkylation sites (N-methyl/N-ethyl adjacent to an activating group) is 1. The minimum absolute atomic E-state index is 0.0438. The first-order chi connectivity index (χ1) is 10.9. The van der Waals surface area contributed by atoms with Crippen molar-refractivity contribution in [1.29, 1.82) is 0 Å². The summed E-state index contributed by atoms with van der Waals surface area (Å²) >= 11 is 0. The number of amides is 1. The lowest BCUT2D eigenvalue weighted by atomic mass is 9.80. The first-order valence-corrected chi connectivity index (χ1v) is 8.58. The Labute approximate surface area is 140 Å². The number of rotatable bonds is 6. The van der Waals surface area contributed by atoms with Gasteiger partial charge in [-0.2, -0.15) is 0 Å². The second kappa shape index (κ2) is 7.82. The molecule has 1 aromatic rings. The molecule has 0 spiro atoms. The molecular weight excluding hydrogens is 288 g/mol. The van der Waals surface area contributed by atoms with E-state index >= 15 is 0 Å². The summed E-state index contributed by atoms with van der Waals surface area (Å²) in [4.78, 5) is 14.4. The first-order valence-electron chi connectivity index (χ1n) is 8.58. The molecule has 0 aliphatic heterocycles. The lowest BCUT2D eigenvalue weighted by Gasteiger charge is -2.43. The fourth-order valence-electron chi connectivity index (χ4n) is 3.33. The van der Waals surface area contributed by atoms with E-state index in [0.29, 0.717) is 6.54 Å². The second-order valence-electron chi connectivity index (χ2n) is 6.94. The summed E-state index contributed by atoms with van der Waals surface area (Å²) in [6, 6.07) is 5.92. The van der Waals surface area contributed by atoms with Crippen molar-refractivity contribution < 1.29 is 9.53 Å². The molecule has 0 heterocycles. The molecular formula is C19H30N2O2. The zero-order chi connectivity index (χ0) is 16.9. The summed E-state index contributed by atoms with van der Waals surface area (Å²) < 4.78 is 5.69. The van der Waals surface area contributed by atoms with E-state index in [4.69, 9.17) is 4.74 Å². The van der Waals surface area contributed by atoms with Crippen molar-refractivity contribution in [2.45, 2.75) is 51.5 Å². The molecule has 0 saturated heterocycles. The fourth-order valence-corrected chi connectivity index (χ4v) is 3.33. The van der Waals surface area contributed by atoms with Gasteiger partial charge in [-0.05, 0) is 58.0 Å². The average molecular weight is 318 g/mol. The Bertz CT molecular complexity index is 534. The maximum absolute atomic E-state index is 12.2. The quantitative estimate of drug-likeness (QED) is 0.876. The molecule has 0 radical (unpaired) electrons. The van der Waals surface area contributed by atoms with Gasteiger partial charge in [0.05, 0.1) is 0 Å². The zero-order valence-corrected chi connectivity index (χ0v) is 14.9. The van der Waals surface area contributed by atoms with Gasteiger partial charge in [0.25, 0.3) is 5.91 Å². The number of ether oxygens (including phenoxy) is 1. The summed E-state index contributed by atoms with van der Waals surface area (Å²) in [5.41, 5.74) is 2.38. The minimum atomic E-state index is -0.0438. The summed E-state index contributed by atoms with van der Waals surface area (Å²) in [5.74, 6) is 0.748. The Balaban J connectivity index is 1.86. The van der Waals surface area contributed by atoms with Gasteiger partial charge in [0, 0.05) is 12.1 Å². The van der Waals surface area contributed by atoms with Gasteiger partial charge in [0.2, 0.25) is 0 Å². The maximum Gasteiger partial charge on any atom is 0.258 e. The molecule has 0 bridgehead atoms. The topological polar surface area (TPSA) is 41.6 Å². The lowest BCUT2D eigenvalue weighted by molar-refractivity contribution is -0.123. The third-order valence-corrected chi connectivity index (χ3v) is 5.26. The van der Waals surface area contributed by atoms with Crippen LogP contribution in [0.4, 0.5) is 0 Å². The van der Waals surface area contributed by atoms with Crippen molar-refractivity contribution in [3.05, 3.63) is 29.3 Å². The normalized spacial score (nSPS) is 17.1. The van der Waals surface area contributed by atoms with E-state index in [9.17, 15) is 4.79 Å². The van der Waals surface area contributed by atoms with Crippen molar-refractivity contribution in [3.8, 4) is 5.75 Å². The Hall–Kier alpha value is -1.55. The van der Waals surface area contributed by atoms with Gasteiger partial charge >= 0.3 is 0 Å². The molecule has 1 saturated carbocycles. The molecule has 1 N–H and O–H groups in total. The minimum Gasteiger partial charge on any atom is -0.483 e. The third kappa shape index (κ3) is 4.47. The Morgan fingerprint density at radius 2 is 1.91 bits per heavy atom. The number of benzene rings is 1. The van der Waals surface area contributed by atoms with Gasteiger partial charge in [0.1, 0.15) is 5.75 Å². The van der Waals surface area contributed by atoms with Crippen LogP contribution in [0.25, 0.3) is 0 Å². The van der Waals surface area contributed by atoms with E-state index < -0.39 is 0 Å². The number of carbonyl (C=O) groups excluding carboxylic acids is 1. The van der Waals surface area contributed by atoms with Crippen LogP contribution in [-0.4, -0.2) is 43.6 Å². The largest absolute Gasteiger partial charge is 0.483 e. The van der Waals surface area contributed by atoms with E-state index in [2.05, 4.69) is 24.3 Å². The maximum atomic E-state index is 12.2. The van der Waals surface area contributed by atoms with Gasteiger partial charge in [-0.25, -0.2) is 0 Å². The highest BCUT2D eigenvalue weighted by Crippen LogP contribution is 2.31. The highest BCUT2D eigenvalue weighted by molar-refractivity contribution is 5.77. The zero-order valence-electron chi connectivity index (χ0n) is 14.9. The van der Waals surface area contributed by atoms with Crippen LogP contribution in [-0.2, 0) is 4.79 Å². The van der Waals surface area contributed by atoms with Gasteiger partial charge in [0.15, 0.2) is 6.61 Å². The number of carbonyl (C=O) groups is 1. The van der Waals surface area contributed by atoms with Crippen molar-refractivity contribution in [2.75, 3.05) is 27.2 Å². The SMILES string of the molecule is Cc1cccc(OCC(=O)NCC2(N(C)C)CCCCC2)c1C. The molecule has 2 rings (SSSR count). The van der Waals surface area contributed by atoms with Crippen LogP contribution >= 0.6 is 0 Å². The predicted molar refractivity (Wildman–Crippen MR) is 93.9 cm³/mol. The molecule has 1 aliphatic rings. The number of aryl methyl sites for hydroxylation is 1. The standard InChI is InChI=1S/C19H30N2O2/c1-15-9-8-10-17(16(15)2)23-13-18(22)20-14-19(21(3)4)11-6-5-7-12-19/h8-10H,5-7,11-14H2,1-4H3,(H,20,22). The highest BCUT2D eigenvalue weighted by Gasteiger charge is 2.34. The lowest BCUT2D eigenvalue weighted by Crippen LogP contribution is -2.54. The smallest absolute Gasteiger partial charge is 0.258 e. The van der Waals surface area contributed by atoms with Crippen LogP contribution in [0.2, 0.25) is 0 Å². The van der Waals surface area contributed by atoms with Crippen LogP contribution in [0.3, 0.4) is 0 Å². The first kappa shape index (κ1) is 17.8. The molecule has 4 heteroatoms. The van der Waals surface area contributed by atoms with E-state index in [1.165, 1.54) is 24.8 Å². The monoisotopic (exact) mass is 318 g/mol. The summed E-state index contributed by atoms with van der Waals surface area (Å²) in [6.45, 7) is 4.85. The molecule has 1 aliphatic carbocycles. The third-order valence-electron chi connectivity index (χ3n) is 5.26. The van der Waals surface area contributed by atoms with Gasteiger partial charge in [-0.15, -0.1) is 0 Å². The van der Waals surface area contributed by atoms with Gasteiger partial charge in [-0.3, -0.25) is 4.79 Å². The van der Waals surface area contributed by atoms with E-state index in [0.717, 1.165) is 24.2 Å². The van der Waals surface area contributed by atoms with Crippen molar-refractivity contribution in [1.82, 2.24) is 10.2 Å². The van der Waals surface area contributed by atoms with Crippen molar-refractivity contribution in [2.24, 2.45) is 0 Å². The van der Waals surface area contributed by atoms with E-state index in [1.54, 1.807) is 0 Å². The molecule has 0 atom stereocenters. The number of nitrogens with zero attached hydrogens (tertiary/aromatic N) is 1. The molecule has 23 heavy (non-hydrogen) atoms. The molecule has 1 amide bonds. The fraction of sp³-hybridized carbons (Fsp3) is 0.632. The summed E-state index contributed by atoms with van der Waals surface area (Å²) in [6.07, 6.45) is 6.09. The summed E-state index contributed by atoms with van der Waals surface area (Å²) in [5, 5.41) is 3.07. The second-order valence-corrected chi connectivity index (χ2v) is 6.94. The van der Waals surface area contributed by atoms with Crippen molar-refractivity contribution in [3.63, 3.8) is 0 Å². The molecule has 0 unspecified atom stereocenters. The molecule has 0 aromatic heterocycles. The van der Waals surface area contributed by atoms with E-state index in [-0.39, 0.29) is 18.1 Å². The van der Waals surface area contributed by atoms with E-state index in [1.807, 2.05) is 32.0 Å². The number of hydrogen-bond donors (Lipinski definition) is 1. The van der Waals surface area contributed by atoms with Crippen molar-refractivity contribution >= 4 is 5.91 Å². The Morgan fingerprint density at radius 1 is 1.22 bits per heavy atom. The van der Waals surface area contributed by atoms with Crippen LogP contribution in [0.5, 0.6) is 5.75 Å². The number of nitrogens with one attached hydrogen (secondary N) is 1. The van der Waals surface area contributed by atoms with Crippen LogP contribution in [0.15, 0.2) is 18.2 Å². The van der Waals surface area contributed by atoms with Crippen LogP contribution in [0, 0.1) is 13.8 Å². The van der Waals surface area contributed by atoms with Gasteiger partial charge < -0.3 is 15.0 Å². The van der Waals surface area contributed by atoms with Crippen LogP contribution < -0.4 is 10.1 Å². The average Bonchev–Trinajstić information content (AvgIpc) is 2.55. The van der Waals surface area contributed by atoms with Crippen LogP contribution in [0.1, 0.15) is 43.2 Å². The molecule has 4 nitrogen and oxygen atoms in total.